The molecule has 0 saturated carbocycles. The third-order valence-electron chi connectivity index (χ3n) is 1.89. The zero-order valence-electron chi connectivity index (χ0n) is 8.64. The molecule has 0 heterocycles. The van der Waals surface area contributed by atoms with Crippen molar-refractivity contribution in [3.05, 3.63) is 28.2 Å². The minimum Gasteiger partial charge on any atom is -0.492 e. The van der Waals surface area contributed by atoms with Crippen LogP contribution in [0.3, 0.4) is 0 Å². The summed E-state index contributed by atoms with van der Waals surface area (Å²) in [6.07, 6.45) is -5.24. The van der Waals surface area contributed by atoms with Crippen molar-refractivity contribution >= 4 is 21.8 Å². The van der Waals surface area contributed by atoms with Crippen LogP contribution in [-0.4, -0.2) is 18.6 Å². The highest BCUT2D eigenvalue weighted by molar-refractivity contribution is 9.10. The molecule has 0 aliphatic rings. The summed E-state index contributed by atoms with van der Waals surface area (Å²) >= 11 is 3.14. The second-order valence-corrected chi connectivity index (χ2v) is 4.13. The van der Waals surface area contributed by atoms with E-state index in [0.29, 0.717) is 15.8 Å². The molecule has 7 heteroatoms. The van der Waals surface area contributed by atoms with Crippen molar-refractivity contribution in [3.63, 3.8) is 0 Å². The molecular weight excluding hydrogens is 301 g/mol. The van der Waals surface area contributed by atoms with Gasteiger partial charge in [-0.15, -0.1) is 0 Å². The molecule has 0 spiro atoms. The smallest absolute Gasteiger partial charge is 0.392 e. The fraction of sp³-hybridized carbons (Fsp3) is 0.300. The molecule has 0 saturated heterocycles. The Hall–Kier alpha value is -1.24. The Balaban J connectivity index is 2.64. The summed E-state index contributed by atoms with van der Waals surface area (Å²) in [5.74, 6) is 0.173. The maximum atomic E-state index is 11.9. The van der Waals surface area contributed by atoms with Gasteiger partial charge in [0.15, 0.2) is 0 Å². The van der Waals surface area contributed by atoms with Crippen LogP contribution in [0.2, 0.25) is 0 Å². The predicted octanol–water partition coefficient (Wildman–Crippen LogP) is 3.06. The van der Waals surface area contributed by atoms with Crippen molar-refractivity contribution in [2.75, 3.05) is 6.61 Å². The van der Waals surface area contributed by atoms with Crippen molar-refractivity contribution < 1.29 is 17.9 Å². The van der Waals surface area contributed by atoms with Crippen LogP contribution in [0.4, 0.5) is 13.2 Å². The zero-order valence-corrected chi connectivity index (χ0v) is 10.2. The fourth-order valence-electron chi connectivity index (χ4n) is 1.06. The fourth-order valence-corrected chi connectivity index (χ4v) is 1.56. The SMILES string of the molecule is N=C(N)c1ccc(OCCC(F)(F)F)c(Br)c1. The molecule has 1 aromatic rings. The highest BCUT2D eigenvalue weighted by Gasteiger charge is 2.26. The first-order valence-electron chi connectivity index (χ1n) is 4.63. The van der Waals surface area contributed by atoms with Crippen molar-refractivity contribution in [3.8, 4) is 5.75 Å². The number of alkyl halides is 3. The molecule has 3 nitrogen and oxygen atoms in total. The number of halogens is 4. The van der Waals surface area contributed by atoms with E-state index < -0.39 is 19.2 Å². The van der Waals surface area contributed by atoms with Crippen LogP contribution in [0, 0.1) is 5.41 Å². The van der Waals surface area contributed by atoms with Gasteiger partial charge in [-0.2, -0.15) is 13.2 Å². The van der Waals surface area contributed by atoms with E-state index in [1.165, 1.54) is 18.2 Å². The topological polar surface area (TPSA) is 59.1 Å². The van der Waals surface area contributed by atoms with Gasteiger partial charge in [-0.05, 0) is 34.1 Å². The Morgan fingerprint density at radius 1 is 1.41 bits per heavy atom. The van der Waals surface area contributed by atoms with Gasteiger partial charge in [-0.25, -0.2) is 0 Å². The molecule has 0 unspecified atom stereocenters. The normalized spacial score (nSPS) is 11.3. The largest absolute Gasteiger partial charge is 0.492 e. The first kappa shape index (κ1) is 13.8. The van der Waals surface area contributed by atoms with Crippen LogP contribution in [0.1, 0.15) is 12.0 Å². The van der Waals surface area contributed by atoms with E-state index in [2.05, 4.69) is 15.9 Å². The van der Waals surface area contributed by atoms with Gasteiger partial charge in [0.2, 0.25) is 0 Å². The first-order valence-corrected chi connectivity index (χ1v) is 5.42. The standard InChI is InChI=1S/C10H10BrF3N2O/c11-7-5-6(9(15)16)1-2-8(7)17-4-3-10(12,13)14/h1-2,5H,3-4H2,(H3,15,16). The lowest BCUT2D eigenvalue weighted by Crippen LogP contribution is -2.13. The van der Waals surface area contributed by atoms with Gasteiger partial charge in [-0.3, -0.25) is 5.41 Å². The van der Waals surface area contributed by atoms with Gasteiger partial charge in [0.25, 0.3) is 0 Å². The molecule has 94 valence electrons. The number of amidine groups is 1. The van der Waals surface area contributed by atoms with E-state index in [4.69, 9.17) is 15.9 Å². The number of benzene rings is 1. The first-order chi connectivity index (χ1) is 7.79. The molecule has 0 bridgehead atoms. The molecule has 0 fully saturated rings. The quantitative estimate of drug-likeness (QED) is 0.663. The predicted molar refractivity (Wildman–Crippen MR) is 61.3 cm³/mol. The number of nitrogen functional groups attached to an aromatic ring is 1. The monoisotopic (exact) mass is 310 g/mol. The Morgan fingerprint density at radius 2 is 2.06 bits per heavy atom. The third kappa shape index (κ3) is 4.64. The Morgan fingerprint density at radius 3 is 2.53 bits per heavy atom. The van der Waals surface area contributed by atoms with Crippen molar-refractivity contribution in [2.45, 2.75) is 12.6 Å². The summed E-state index contributed by atoms with van der Waals surface area (Å²) in [5.41, 5.74) is 5.74. The summed E-state index contributed by atoms with van der Waals surface area (Å²) in [5, 5.41) is 7.19. The van der Waals surface area contributed by atoms with Crippen LogP contribution >= 0.6 is 15.9 Å². The molecule has 0 aromatic heterocycles. The maximum Gasteiger partial charge on any atom is 0.392 e. The molecule has 0 aliphatic heterocycles. The lowest BCUT2D eigenvalue weighted by Gasteiger charge is -2.10. The van der Waals surface area contributed by atoms with Crippen LogP contribution < -0.4 is 10.5 Å². The van der Waals surface area contributed by atoms with Crippen LogP contribution in [0.25, 0.3) is 0 Å². The minimum absolute atomic E-state index is 0.118. The van der Waals surface area contributed by atoms with Gasteiger partial charge in [0.1, 0.15) is 11.6 Å². The summed E-state index contributed by atoms with van der Waals surface area (Å²) in [6, 6.07) is 4.50. The van der Waals surface area contributed by atoms with Crippen molar-refractivity contribution in [1.82, 2.24) is 0 Å². The van der Waals surface area contributed by atoms with E-state index in [1.54, 1.807) is 0 Å². The summed E-state index contributed by atoms with van der Waals surface area (Å²) in [6.45, 7) is -0.443. The third-order valence-corrected chi connectivity index (χ3v) is 2.51. The molecule has 1 rings (SSSR count). The second-order valence-electron chi connectivity index (χ2n) is 3.27. The summed E-state index contributed by atoms with van der Waals surface area (Å²) in [7, 11) is 0. The van der Waals surface area contributed by atoms with Gasteiger partial charge in [-0.1, -0.05) is 0 Å². The highest BCUT2D eigenvalue weighted by Crippen LogP contribution is 2.27. The van der Waals surface area contributed by atoms with E-state index in [9.17, 15) is 13.2 Å². The molecule has 1 aromatic carbocycles. The van der Waals surface area contributed by atoms with Gasteiger partial charge in [0, 0.05) is 5.56 Å². The number of nitrogens with one attached hydrogen (secondary N) is 1. The molecule has 0 amide bonds. The van der Waals surface area contributed by atoms with E-state index in [0.717, 1.165) is 0 Å². The number of hydrogen-bond acceptors (Lipinski definition) is 2. The molecule has 0 aliphatic carbocycles. The summed E-state index contributed by atoms with van der Waals surface area (Å²) in [4.78, 5) is 0. The Bertz CT molecular complexity index is 421. The van der Waals surface area contributed by atoms with E-state index in [1.807, 2.05) is 0 Å². The van der Waals surface area contributed by atoms with Crippen molar-refractivity contribution in [2.24, 2.45) is 5.73 Å². The number of ether oxygens (including phenoxy) is 1. The average Bonchev–Trinajstić information content (AvgIpc) is 2.18. The molecule has 17 heavy (non-hydrogen) atoms. The van der Waals surface area contributed by atoms with E-state index >= 15 is 0 Å². The molecule has 3 N–H and O–H groups in total. The lowest BCUT2D eigenvalue weighted by atomic mass is 10.2. The average molecular weight is 311 g/mol. The highest BCUT2D eigenvalue weighted by atomic mass is 79.9. The van der Waals surface area contributed by atoms with Gasteiger partial charge < -0.3 is 10.5 Å². The van der Waals surface area contributed by atoms with Crippen molar-refractivity contribution in [1.29, 1.82) is 5.41 Å². The number of nitrogens with two attached hydrogens (primary N) is 1. The van der Waals surface area contributed by atoms with Crippen LogP contribution in [0.5, 0.6) is 5.75 Å². The van der Waals surface area contributed by atoms with Gasteiger partial charge >= 0.3 is 6.18 Å². The Labute approximate surface area is 104 Å². The van der Waals surface area contributed by atoms with Gasteiger partial charge in [0.05, 0.1) is 17.5 Å². The molecule has 0 radical (unpaired) electrons. The van der Waals surface area contributed by atoms with E-state index in [-0.39, 0.29) is 5.84 Å². The molecular formula is C10H10BrF3N2O. The van der Waals surface area contributed by atoms with Crippen LogP contribution in [-0.2, 0) is 0 Å². The lowest BCUT2D eigenvalue weighted by molar-refractivity contribution is -0.139. The number of hydrogen-bond donors (Lipinski definition) is 2. The maximum absolute atomic E-state index is 11.9. The number of rotatable bonds is 4. The Kier molecular flexibility index (Phi) is 4.39. The zero-order chi connectivity index (χ0) is 13.1. The minimum atomic E-state index is -4.23. The van der Waals surface area contributed by atoms with Crippen LogP contribution in [0.15, 0.2) is 22.7 Å². The molecule has 0 atom stereocenters. The second kappa shape index (κ2) is 5.39. The summed E-state index contributed by atoms with van der Waals surface area (Å²) < 4.78 is 41.1.